The second-order valence-corrected chi connectivity index (χ2v) is 4.38. The number of rotatable bonds is 11. The topological polar surface area (TPSA) is 159 Å². The van der Waals surface area contributed by atoms with E-state index in [4.69, 9.17) is 16.6 Å². The summed E-state index contributed by atoms with van der Waals surface area (Å²) < 4.78 is 0. The second kappa shape index (κ2) is 8.81. The molecule has 1 amide bonds. The fourth-order valence-electron chi connectivity index (χ4n) is 1.60. The first kappa shape index (κ1) is 17.8. The summed E-state index contributed by atoms with van der Waals surface area (Å²) in [6.07, 6.45) is -0.585. The lowest BCUT2D eigenvalue weighted by atomic mass is 9.89. The molecule has 0 aromatic carbocycles. The van der Waals surface area contributed by atoms with Crippen molar-refractivity contribution in [1.82, 2.24) is 5.32 Å². The number of primary amides is 1. The van der Waals surface area contributed by atoms with Crippen molar-refractivity contribution in [3.63, 3.8) is 0 Å². The number of hydrogen-bond donors (Lipinski definition) is 6. The molecule has 0 saturated carbocycles. The highest BCUT2D eigenvalue weighted by Gasteiger charge is 2.45. The van der Waals surface area contributed by atoms with Crippen LogP contribution in [-0.2, 0) is 9.59 Å². The zero-order valence-electron chi connectivity index (χ0n) is 10.8. The number of hydrogen-bond acceptors (Lipinski definition) is 6. The zero-order valence-corrected chi connectivity index (χ0v) is 10.8. The minimum atomic E-state index is -2.43. The SMILES string of the molecule is NCCCNCCCCC(O)(C(N)=O)C(O)C(=O)O. The molecule has 0 heterocycles. The van der Waals surface area contributed by atoms with Crippen molar-refractivity contribution in [3.8, 4) is 0 Å². The molecule has 0 bridgehead atoms. The Labute approximate surface area is 111 Å². The molecule has 0 aliphatic rings. The van der Waals surface area contributed by atoms with Crippen molar-refractivity contribution in [1.29, 1.82) is 0 Å². The summed E-state index contributed by atoms with van der Waals surface area (Å²) in [5.74, 6) is -2.92. The Bertz CT molecular complexity index is 300. The van der Waals surface area contributed by atoms with Crippen molar-refractivity contribution in [2.45, 2.75) is 37.4 Å². The third kappa shape index (κ3) is 5.97. The van der Waals surface area contributed by atoms with Crippen molar-refractivity contribution in [2.75, 3.05) is 19.6 Å². The molecule has 0 aliphatic carbocycles. The number of nitrogens with two attached hydrogens (primary N) is 2. The van der Waals surface area contributed by atoms with Gasteiger partial charge < -0.3 is 32.1 Å². The Morgan fingerprint density at radius 1 is 1.21 bits per heavy atom. The maximum Gasteiger partial charge on any atom is 0.336 e. The van der Waals surface area contributed by atoms with E-state index in [0.29, 0.717) is 25.9 Å². The van der Waals surface area contributed by atoms with Crippen LogP contribution in [0.5, 0.6) is 0 Å². The fourth-order valence-corrected chi connectivity index (χ4v) is 1.60. The minimum Gasteiger partial charge on any atom is -0.479 e. The van der Waals surface area contributed by atoms with E-state index < -0.39 is 23.6 Å². The summed E-state index contributed by atoms with van der Waals surface area (Å²) in [7, 11) is 0. The number of carboxylic acids is 1. The number of aliphatic carboxylic acids is 1. The van der Waals surface area contributed by atoms with Gasteiger partial charge in [-0.1, -0.05) is 0 Å². The van der Waals surface area contributed by atoms with Crippen LogP contribution in [0.3, 0.4) is 0 Å². The molecule has 8 heteroatoms. The van der Waals surface area contributed by atoms with Crippen LogP contribution in [0.4, 0.5) is 0 Å². The fraction of sp³-hybridized carbons (Fsp3) is 0.818. The molecule has 0 saturated heterocycles. The Hall–Kier alpha value is -1.22. The van der Waals surface area contributed by atoms with Gasteiger partial charge in [-0.2, -0.15) is 0 Å². The van der Waals surface area contributed by atoms with Gasteiger partial charge in [0.25, 0.3) is 5.91 Å². The van der Waals surface area contributed by atoms with Gasteiger partial charge in [-0.25, -0.2) is 4.79 Å². The van der Waals surface area contributed by atoms with Crippen LogP contribution < -0.4 is 16.8 Å². The molecule has 19 heavy (non-hydrogen) atoms. The summed E-state index contributed by atoms with van der Waals surface area (Å²) in [6, 6.07) is 0. The van der Waals surface area contributed by atoms with Gasteiger partial charge in [0.1, 0.15) is 0 Å². The number of unbranched alkanes of at least 4 members (excludes halogenated alkanes) is 1. The number of carbonyl (C=O) groups excluding carboxylic acids is 1. The minimum absolute atomic E-state index is 0.200. The molecule has 8 N–H and O–H groups in total. The molecule has 2 unspecified atom stereocenters. The summed E-state index contributed by atoms with van der Waals surface area (Å²) in [5.41, 5.74) is 7.83. The van der Waals surface area contributed by atoms with Gasteiger partial charge in [-0.15, -0.1) is 0 Å². The lowest BCUT2D eigenvalue weighted by Crippen LogP contribution is -2.56. The van der Waals surface area contributed by atoms with Gasteiger partial charge in [0, 0.05) is 0 Å². The highest BCUT2D eigenvalue weighted by Crippen LogP contribution is 2.19. The number of amides is 1. The summed E-state index contributed by atoms with van der Waals surface area (Å²) in [6.45, 7) is 2.02. The number of aliphatic hydroxyl groups excluding tert-OH is 1. The molecule has 0 fully saturated rings. The van der Waals surface area contributed by atoms with Crippen molar-refractivity contribution in [3.05, 3.63) is 0 Å². The van der Waals surface area contributed by atoms with Crippen LogP contribution in [0.2, 0.25) is 0 Å². The molecule has 8 nitrogen and oxygen atoms in total. The van der Waals surface area contributed by atoms with Crippen LogP contribution in [0.1, 0.15) is 25.7 Å². The summed E-state index contributed by atoms with van der Waals surface area (Å²) in [5, 5.41) is 30.9. The lowest BCUT2D eigenvalue weighted by molar-refractivity contribution is -0.171. The lowest BCUT2D eigenvalue weighted by Gasteiger charge is -2.27. The van der Waals surface area contributed by atoms with E-state index in [1.807, 2.05) is 0 Å². The first-order chi connectivity index (χ1) is 8.86. The Kier molecular flexibility index (Phi) is 8.24. The third-order valence-corrected chi connectivity index (χ3v) is 2.83. The third-order valence-electron chi connectivity index (χ3n) is 2.83. The zero-order chi connectivity index (χ0) is 14.9. The molecule has 0 radical (unpaired) electrons. The van der Waals surface area contributed by atoms with E-state index in [9.17, 15) is 19.8 Å². The van der Waals surface area contributed by atoms with Crippen molar-refractivity contribution >= 4 is 11.9 Å². The van der Waals surface area contributed by atoms with Gasteiger partial charge in [0.15, 0.2) is 11.7 Å². The van der Waals surface area contributed by atoms with Gasteiger partial charge in [-0.05, 0) is 45.3 Å². The molecule has 0 aliphatic heterocycles. The number of carboxylic acid groups (broad SMARTS) is 1. The van der Waals surface area contributed by atoms with Crippen molar-refractivity contribution < 1.29 is 24.9 Å². The summed E-state index contributed by atoms with van der Waals surface area (Å²) in [4.78, 5) is 21.7. The van der Waals surface area contributed by atoms with E-state index in [0.717, 1.165) is 13.0 Å². The maximum absolute atomic E-state index is 11.1. The van der Waals surface area contributed by atoms with Crippen LogP contribution >= 0.6 is 0 Å². The van der Waals surface area contributed by atoms with E-state index >= 15 is 0 Å². The molecule has 0 rings (SSSR count). The standard InChI is InChI=1S/C11H23N3O5/c12-5-3-7-14-6-2-1-4-11(19,10(13)18)8(15)9(16)17/h8,14-15,19H,1-7,12H2,(H2,13,18)(H,16,17). The monoisotopic (exact) mass is 277 g/mol. The normalized spacial score (nSPS) is 15.7. The molecular weight excluding hydrogens is 254 g/mol. The largest absolute Gasteiger partial charge is 0.479 e. The van der Waals surface area contributed by atoms with E-state index in [1.165, 1.54) is 0 Å². The van der Waals surface area contributed by atoms with E-state index in [1.54, 1.807) is 0 Å². The van der Waals surface area contributed by atoms with E-state index in [2.05, 4.69) is 5.32 Å². The number of nitrogens with one attached hydrogen (secondary N) is 1. The van der Waals surface area contributed by atoms with Crippen molar-refractivity contribution in [2.24, 2.45) is 11.5 Å². The molecule has 0 aromatic rings. The summed E-state index contributed by atoms with van der Waals surface area (Å²) >= 11 is 0. The average molecular weight is 277 g/mol. The Morgan fingerprint density at radius 3 is 2.26 bits per heavy atom. The van der Waals surface area contributed by atoms with Gasteiger partial charge >= 0.3 is 5.97 Å². The average Bonchev–Trinajstić information content (AvgIpc) is 2.36. The quantitative estimate of drug-likeness (QED) is 0.233. The van der Waals surface area contributed by atoms with Crippen LogP contribution in [0, 0.1) is 0 Å². The van der Waals surface area contributed by atoms with Crippen LogP contribution in [0.25, 0.3) is 0 Å². The highest BCUT2D eigenvalue weighted by atomic mass is 16.4. The Morgan fingerprint density at radius 2 is 1.79 bits per heavy atom. The van der Waals surface area contributed by atoms with Gasteiger partial charge in [0.2, 0.25) is 0 Å². The van der Waals surface area contributed by atoms with Gasteiger partial charge in [0.05, 0.1) is 0 Å². The predicted molar refractivity (Wildman–Crippen MR) is 68.2 cm³/mol. The van der Waals surface area contributed by atoms with Crippen LogP contribution in [0.15, 0.2) is 0 Å². The molecule has 0 spiro atoms. The number of aliphatic hydroxyl groups is 2. The number of carbonyl (C=O) groups is 2. The van der Waals surface area contributed by atoms with Gasteiger partial charge in [-0.3, -0.25) is 4.79 Å². The van der Waals surface area contributed by atoms with Crippen LogP contribution in [-0.4, -0.2) is 58.5 Å². The molecule has 0 aromatic heterocycles. The first-order valence-corrected chi connectivity index (χ1v) is 6.20. The predicted octanol–water partition coefficient (Wildman–Crippen LogP) is -2.24. The molecule has 2 atom stereocenters. The maximum atomic E-state index is 11.1. The smallest absolute Gasteiger partial charge is 0.336 e. The first-order valence-electron chi connectivity index (χ1n) is 6.20. The molecular formula is C11H23N3O5. The Balaban J connectivity index is 4.09. The highest BCUT2D eigenvalue weighted by molar-refractivity contribution is 5.90. The van der Waals surface area contributed by atoms with E-state index in [-0.39, 0.29) is 6.42 Å². The second-order valence-electron chi connectivity index (χ2n) is 4.38. The molecule has 112 valence electrons.